The van der Waals surface area contributed by atoms with E-state index in [1.165, 1.54) is 30.3 Å². The van der Waals surface area contributed by atoms with Crippen molar-refractivity contribution >= 4 is 62.3 Å². The number of nitrogens with zero attached hydrogens (tertiary/aromatic N) is 3. The third kappa shape index (κ3) is 6.37. The molecule has 0 spiro atoms. The number of piperazine rings is 1. The van der Waals surface area contributed by atoms with E-state index in [1.807, 2.05) is 12.1 Å². The van der Waals surface area contributed by atoms with Crippen LogP contribution in [0.4, 0.5) is 22.7 Å². The lowest BCUT2D eigenvalue weighted by molar-refractivity contribution is -0.115. The summed E-state index contributed by atoms with van der Waals surface area (Å²) in [7, 11) is -1.75. The summed E-state index contributed by atoms with van der Waals surface area (Å²) in [5.41, 5.74) is 4.08. The van der Waals surface area contributed by atoms with E-state index in [1.54, 1.807) is 42.6 Å². The molecule has 4 aromatic rings. The first-order valence-electron chi connectivity index (χ1n) is 14.1. The zero-order valence-electron chi connectivity index (χ0n) is 23.9. The molecule has 4 aromatic carbocycles. The molecule has 1 atom stereocenters. The molecule has 2 N–H and O–H groups in total. The van der Waals surface area contributed by atoms with E-state index in [0.717, 1.165) is 43.1 Å². The molecule has 1 unspecified atom stereocenters. The average Bonchev–Trinajstić information content (AvgIpc) is 3.34. The first-order valence-corrected chi connectivity index (χ1v) is 16.0. The Balaban J connectivity index is 1.15. The number of ketones is 1. The van der Waals surface area contributed by atoms with E-state index in [0.29, 0.717) is 21.8 Å². The molecule has 9 nitrogen and oxygen atoms in total. The first-order chi connectivity index (χ1) is 21.2. The Bertz CT molecular complexity index is 1850. The lowest BCUT2D eigenvalue weighted by Crippen LogP contribution is -2.44. The Morgan fingerprint density at radius 2 is 1.64 bits per heavy atom. The van der Waals surface area contributed by atoms with Crippen molar-refractivity contribution in [3.8, 4) is 0 Å². The zero-order chi connectivity index (χ0) is 30.8. The maximum atomic E-state index is 13.4. The molecule has 44 heavy (non-hydrogen) atoms. The van der Waals surface area contributed by atoms with Crippen molar-refractivity contribution < 1.29 is 18.0 Å². The van der Waals surface area contributed by atoms with Gasteiger partial charge in [0.15, 0.2) is 5.78 Å². The van der Waals surface area contributed by atoms with Gasteiger partial charge < -0.3 is 15.1 Å². The number of carbonyl (C=O) groups excluding carboxylic acids is 2. The van der Waals surface area contributed by atoms with Gasteiger partial charge in [-0.2, -0.15) is 0 Å². The molecule has 1 fully saturated rings. The second-order valence-electron chi connectivity index (χ2n) is 10.8. The lowest BCUT2D eigenvalue weighted by Gasteiger charge is -2.34. The van der Waals surface area contributed by atoms with E-state index in [4.69, 9.17) is 11.6 Å². The number of hydrogen-bond acceptors (Lipinski definition) is 7. The van der Waals surface area contributed by atoms with Crippen LogP contribution >= 0.6 is 11.6 Å². The smallest absolute Gasteiger partial charge is 0.261 e. The van der Waals surface area contributed by atoms with Gasteiger partial charge in [-0.3, -0.25) is 19.3 Å². The highest BCUT2D eigenvalue weighted by Crippen LogP contribution is 2.34. The van der Waals surface area contributed by atoms with Crippen molar-refractivity contribution in [2.24, 2.45) is 4.99 Å². The zero-order valence-corrected chi connectivity index (χ0v) is 25.5. The summed E-state index contributed by atoms with van der Waals surface area (Å²) in [6.07, 6.45) is 1.63. The van der Waals surface area contributed by atoms with Crippen molar-refractivity contribution in [3.05, 3.63) is 113 Å². The molecule has 1 saturated heterocycles. The van der Waals surface area contributed by atoms with E-state index in [-0.39, 0.29) is 22.3 Å². The quantitative estimate of drug-likeness (QED) is 0.195. The molecule has 1 amide bonds. The molecule has 0 aliphatic carbocycles. The van der Waals surface area contributed by atoms with Crippen molar-refractivity contribution in [1.82, 2.24) is 4.90 Å². The van der Waals surface area contributed by atoms with Gasteiger partial charge in [-0.15, -0.1) is 0 Å². The molecule has 224 valence electrons. The molecule has 2 aliphatic rings. The first kappa shape index (κ1) is 29.6. The van der Waals surface area contributed by atoms with Crippen LogP contribution in [0.15, 0.2) is 101 Å². The van der Waals surface area contributed by atoms with E-state index < -0.39 is 15.9 Å². The van der Waals surface area contributed by atoms with E-state index >= 15 is 0 Å². The lowest BCUT2D eigenvalue weighted by atomic mass is 9.97. The topological polar surface area (TPSA) is 111 Å². The van der Waals surface area contributed by atoms with Gasteiger partial charge in [-0.1, -0.05) is 35.9 Å². The summed E-state index contributed by atoms with van der Waals surface area (Å²) in [5, 5.41) is 3.28. The Hall–Kier alpha value is -4.51. The number of nitrogens with one attached hydrogen (secondary N) is 2. The molecule has 6 rings (SSSR count). The number of amides is 1. The summed E-state index contributed by atoms with van der Waals surface area (Å²) >= 11 is 5.87. The van der Waals surface area contributed by atoms with Gasteiger partial charge in [0.25, 0.3) is 10.0 Å². The van der Waals surface area contributed by atoms with Gasteiger partial charge in [0.05, 0.1) is 10.6 Å². The molecular formula is C33H30ClN5O4S. The van der Waals surface area contributed by atoms with Crippen LogP contribution in [0, 0.1) is 0 Å². The van der Waals surface area contributed by atoms with Crippen LogP contribution < -0.4 is 14.9 Å². The SMILES string of the molecule is CN1CCN(c2ccc(N=CC3C(=O)Nc4cc(C(=O)c5cccc(NS(=O)(=O)c6ccc(Cl)cc6)c5)ccc43)cc2)CC1. The minimum Gasteiger partial charge on any atom is -0.369 e. The van der Waals surface area contributed by atoms with Gasteiger partial charge in [0, 0.05) is 65.6 Å². The number of hydrogen-bond donors (Lipinski definition) is 2. The Morgan fingerprint density at radius 3 is 2.36 bits per heavy atom. The predicted octanol–water partition coefficient (Wildman–Crippen LogP) is 5.56. The summed E-state index contributed by atoms with van der Waals surface area (Å²) in [6, 6.07) is 25.1. The van der Waals surface area contributed by atoms with Crippen LogP contribution in [0.25, 0.3) is 0 Å². The van der Waals surface area contributed by atoms with Crippen LogP contribution in [0.5, 0.6) is 0 Å². The van der Waals surface area contributed by atoms with Gasteiger partial charge in [-0.25, -0.2) is 8.42 Å². The number of aliphatic imine (C=N–C) groups is 1. The van der Waals surface area contributed by atoms with E-state index in [9.17, 15) is 18.0 Å². The largest absolute Gasteiger partial charge is 0.369 e. The maximum absolute atomic E-state index is 13.4. The van der Waals surface area contributed by atoms with Crippen molar-refractivity contribution in [3.63, 3.8) is 0 Å². The highest BCUT2D eigenvalue weighted by molar-refractivity contribution is 7.92. The standard InChI is InChI=1S/C33H30ClN5O4S/c1-38-15-17-39(18-16-38)27-10-8-25(9-11-27)35-21-30-29-14-5-23(20-31(29)36-33(30)41)32(40)22-3-2-4-26(19-22)37-44(42,43)28-12-6-24(34)7-13-28/h2-14,19-21,30,37H,15-18H2,1H3,(H,36,41). The fraction of sp³-hybridized carbons (Fsp3) is 0.182. The minimum absolute atomic E-state index is 0.0498. The molecule has 0 aromatic heterocycles. The summed E-state index contributed by atoms with van der Waals surface area (Å²) in [6.45, 7) is 4.03. The second kappa shape index (κ2) is 12.2. The Kier molecular flexibility index (Phi) is 8.22. The van der Waals surface area contributed by atoms with E-state index in [2.05, 4.69) is 44.0 Å². The van der Waals surface area contributed by atoms with Crippen LogP contribution in [-0.2, 0) is 14.8 Å². The molecule has 2 aliphatic heterocycles. The number of benzene rings is 4. The third-order valence-corrected chi connectivity index (χ3v) is 9.43. The van der Waals surface area contributed by atoms with Crippen LogP contribution in [0.3, 0.4) is 0 Å². The summed E-state index contributed by atoms with van der Waals surface area (Å²) in [4.78, 5) is 35.5. The second-order valence-corrected chi connectivity index (χ2v) is 12.9. The number of sulfonamides is 1. The molecule has 0 bridgehead atoms. The molecule has 0 saturated carbocycles. The highest BCUT2D eigenvalue weighted by atomic mass is 35.5. The van der Waals surface area contributed by atoms with Gasteiger partial charge >= 0.3 is 0 Å². The van der Waals surface area contributed by atoms with Crippen molar-refractivity contribution in [2.75, 3.05) is 48.2 Å². The maximum Gasteiger partial charge on any atom is 0.261 e. The monoisotopic (exact) mass is 627 g/mol. The van der Waals surface area contributed by atoms with Gasteiger partial charge in [-0.05, 0) is 79.3 Å². The normalized spacial score (nSPS) is 17.0. The third-order valence-electron chi connectivity index (χ3n) is 7.78. The van der Waals surface area contributed by atoms with Crippen molar-refractivity contribution in [2.45, 2.75) is 10.8 Å². The Morgan fingerprint density at radius 1 is 0.932 bits per heavy atom. The van der Waals surface area contributed by atoms with Crippen LogP contribution in [-0.4, -0.2) is 64.4 Å². The average molecular weight is 628 g/mol. The number of rotatable bonds is 8. The summed E-state index contributed by atoms with van der Waals surface area (Å²) in [5.74, 6) is -1.12. The summed E-state index contributed by atoms with van der Waals surface area (Å²) < 4.78 is 28.1. The number of likely N-dealkylation sites (N-methyl/N-ethyl adjacent to an activating group) is 1. The fourth-order valence-corrected chi connectivity index (χ4v) is 6.45. The van der Waals surface area contributed by atoms with Gasteiger partial charge in [0.1, 0.15) is 5.92 Å². The van der Waals surface area contributed by atoms with Crippen LogP contribution in [0.1, 0.15) is 27.4 Å². The molecule has 2 heterocycles. The predicted molar refractivity (Wildman–Crippen MR) is 174 cm³/mol. The molecule has 0 radical (unpaired) electrons. The highest BCUT2D eigenvalue weighted by Gasteiger charge is 2.30. The number of halogens is 1. The van der Waals surface area contributed by atoms with Crippen molar-refractivity contribution in [1.29, 1.82) is 0 Å². The fourth-order valence-electron chi connectivity index (χ4n) is 5.27. The number of carbonyl (C=O) groups is 2. The Labute approximate surface area is 261 Å². The minimum atomic E-state index is -3.88. The molecule has 11 heteroatoms. The number of anilines is 3. The van der Waals surface area contributed by atoms with Crippen LogP contribution in [0.2, 0.25) is 5.02 Å². The number of fused-ring (bicyclic) bond motifs is 1. The molecular weight excluding hydrogens is 598 g/mol. The van der Waals surface area contributed by atoms with Gasteiger partial charge in [0.2, 0.25) is 5.91 Å².